The Morgan fingerprint density at radius 3 is 1.57 bits per heavy atom. The first-order chi connectivity index (χ1) is 18.7. The van der Waals surface area contributed by atoms with Crippen molar-refractivity contribution in [3.05, 3.63) is 120 Å². The fourth-order valence-corrected chi connectivity index (χ4v) is 5.60. The van der Waals surface area contributed by atoms with Gasteiger partial charge in [0.25, 0.3) is 0 Å². The van der Waals surface area contributed by atoms with Gasteiger partial charge >= 0.3 is 11.9 Å². The van der Waals surface area contributed by atoms with Crippen molar-refractivity contribution in [3.8, 4) is 0 Å². The van der Waals surface area contributed by atoms with Gasteiger partial charge in [0, 0.05) is 0 Å². The van der Waals surface area contributed by atoms with Crippen LogP contribution in [0.3, 0.4) is 0 Å². The molecule has 0 radical (unpaired) electrons. The maximum atomic E-state index is 13.0. The van der Waals surface area contributed by atoms with Crippen molar-refractivity contribution in [2.24, 2.45) is 0 Å². The Labute approximate surface area is 226 Å². The van der Waals surface area contributed by atoms with E-state index in [0.29, 0.717) is 23.0 Å². The van der Waals surface area contributed by atoms with Gasteiger partial charge in [-0.15, -0.1) is 0 Å². The summed E-state index contributed by atoms with van der Waals surface area (Å²) in [4.78, 5) is 25.9. The van der Waals surface area contributed by atoms with Crippen LogP contribution in [0.1, 0.15) is 107 Å². The summed E-state index contributed by atoms with van der Waals surface area (Å²) in [5, 5.41) is 0. The first kappa shape index (κ1) is 29.2. The zero-order valence-corrected chi connectivity index (χ0v) is 36.1. The topological polar surface area (TPSA) is 52.6 Å². The fourth-order valence-electron chi connectivity index (χ4n) is 5.60. The van der Waals surface area contributed by atoms with Crippen LogP contribution in [0.15, 0.2) is 78.9 Å². The summed E-state index contributed by atoms with van der Waals surface area (Å²) in [6.45, 7) is -0.0501. The number of carbonyl (C=O) groups is 2. The van der Waals surface area contributed by atoms with E-state index in [1.807, 2.05) is 78.9 Å². The molecule has 2 aliphatic rings. The standard InChI is InChI=1S/C34H36O4.2Rf/c35-33(30-20-16-27(17-21-30)25-10-4-1-5-11-25)37-24-32(29-14-8-3-9-15-29)38-34(36)31-22-18-28(19-23-31)26-12-6-2-7-13-26;;/h1-3,8-9,14-23,25-26,32H,4-7,10-13,24H2;;/q-2;;. The maximum Gasteiger partial charge on any atom is 0.338 e. The third-order valence-electron chi connectivity index (χ3n) is 7.90. The van der Waals surface area contributed by atoms with Crippen LogP contribution >= 0.6 is 0 Å². The molecule has 4 nitrogen and oxygen atoms in total. The number of esters is 2. The van der Waals surface area contributed by atoms with Crippen molar-refractivity contribution in [2.75, 3.05) is 6.61 Å². The molecule has 0 saturated heterocycles. The first-order valence-electron chi connectivity index (χ1n) is 13.9. The quantitative estimate of drug-likeness (QED) is 0.169. The van der Waals surface area contributed by atoms with E-state index in [1.165, 1.54) is 11.1 Å². The molecule has 3 aromatic rings. The Hall–Kier alpha value is -5.40. The number of benzene rings is 3. The van der Waals surface area contributed by atoms with Crippen molar-refractivity contribution in [2.45, 2.75) is 69.3 Å². The summed E-state index contributed by atoms with van der Waals surface area (Å²) >= 11 is 0. The molecule has 2 aliphatic carbocycles. The van der Waals surface area contributed by atoms with Gasteiger partial charge in [-0.2, -0.15) is 25.7 Å². The van der Waals surface area contributed by atoms with Crippen molar-refractivity contribution < 1.29 is 19.1 Å². The van der Waals surface area contributed by atoms with Gasteiger partial charge in [0.05, 0.1) is 11.1 Å². The van der Waals surface area contributed by atoms with Gasteiger partial charge in [0.1, 0.15) is 6.61 Å². The van der Waals surface area contributed by atoms with Gasteiger partial charge in [-0.25, -0.2) is 9.59 Å². The largest absolute Gasteiger partial charge is 0.458 e. The molecule has 6 heteroatoms. The van der Waals surface area contributed by atoms with Gasteiger partial charge < -0.3 is 22.3 Å². The van der Waals surface area contributed by atoms with E-state index in [9.17, 15) is 9.59 Å². The van der Waals surface area contributed by atoms with Gasteiger partial charge in [-0.05, 0) is 52.8 Å². The maximum absolute atomic E-state index is 13.0. The summed E-state index contributed by atoms with van der Waals surface area (Å²) in [5.41, 5.74) is 4.34. The van der Waals surface area contributed by atoms with Crippen LogP contribution in [-0.2, 0) is 9.47 Å². The van der Waals surface area contributed by atoms with Crippen LogP contribution in [0.5, 0.6) is 0 Å². The molecule has 40 heavy (non-hydrogen) atoms. The van der Waals surface area contributed by atoms with Crippen molar-refractivity contribution in [1.82, 2.24) is 0 Å². The minimum atomic E-state index is -0.695. The van der Waals surface area contributed by atoms with Gasteiger partial charge in [-0.1, -0.05) is 80.3 Å². The monoisotopic (exact) mass is 1040 g/mol. The molecule has 3 aromatic carbocycles. The Kier molecular flexibility index (Phi) is 10.2. The summed E-state index contributed by atoms with van der Waals surface area (Å²) in [5.74, 6) is 0.270. The molecule has 1 atom stereocenters. The molecule has 5 rings (SSSR count). The van der Waals surface area contributed by atoms with Crippen LogP contribution in [0.2, 0.25) is 0 Å². The molecular formula is C34H36O4Rf2-2. The number of ether oxygens (including phenoxy) is 2. The molecule has 1 unspecified atom stereocenters. The summed E-state index contributed by atoms with van der Waals surface area (Å²) in [7, 11) is 0. The molecule has 0 bridgehead atoms. The average Bonchev–Trinajstić information content (AvgIpc) is 3.00. The molecular weight excluding hydrogens is 1010 g/mol. The molecule has 0 spiro atoms. The van der Waals surface area contributed by atoms with Crippen molar-refractivity contribution in [3.63, 3.8) is 0 Å². The van der Waals surface area contributed by atoms with E-state index in [4.69, 9.17) is 9.47 Å². The predicted molar refractivity (Wildman–Crippen MR) is 149 cm³/mol. The van der Waals surface area contributed by atoms with Crippen molar-refractivity contribution >= 4 is 11.9 Å². The van der Waals surface area contributed by atoms with E-state index in [0.717, 1.165) is 56.9 Å². The van der Waals surface area contributed by atoms with E-state index in [1.54, 1.807) is 0 Å². The smallest absolute Gasteiger partial charge is 0.338 e. The second kappa shape index (κ2) is 13.9. The fraction of sp³-hybridized carbons (Fsp3) is 0.353. The van der Waals surface area contributed by atoms with Crippen LogP contribution in [0, 0.1) is 12.8 Å². The number of carbonyl (C=O) groups excluding carboxylic acids is 2. The summed E-state index contributed by atoms with van der Waals surface area (Å²) in [6.07, 6.45) is 13.2. The molecule has 0 N–H and O–H groups in total. The second-order valence-corrected chi connectivity index (χ2v) is 10.4. The minimum Gasteiger partial charge on any atom is -0.458 e. The predicted octanol–water partition coefficient (Wildman–Crippen LogP) is 8.17. The van der Waals surface area contributed by atoms with Crippen molar-refractivity contribution in [1.29, 1.82) is 0 Å². The first-order valence-corrected chi connectivity index (χ1v) is 13.9. The van der Waals surface area contributed by atoms with Gasteiger partial charge in [0.2, 0.25) is 0 Å². The number of hydrogen-bond donors (Lipinski definition) is 0. The molecule has 0 aromatic heterocycles. The van der Waals surface area contributed by atoms with Crippen LogP contribution in [0.25, 0.3) is 0 Å². The summed E-state index contributed by atoms with van der Waals surface area (Å²) < 4.78 is 11.5. The average molecular weight is 1040 g/mol. The van der Waals surface area contributed by atoms with Crippen LogP contribution < -0.4 is 0 Å². The Morgan fingerprint density at radius 2 is 1.10 bits per heavy atom. The summed E-state index contributed by atoms with van der Waals surface area (Å²) in [6, 6.07) is 25.0. The van der Waals surface area contributed by atoms with E-state index in [-0.39, 0.29) is 6.61 Å². The van der Waals surface area contributed by atoms with Crippen LogP contribution in [0.4, 0.5) is 0 Å². The van der Waals surface area contributed by atoms with E-state index < -0.39 is 18.0 Å². The zero-order chi connectivity index (χ0) is 26.2. The second-order valence-electron chi connectivity index (χ2n) is 10.4. The zero-order valence-electron chi connectivity index (χ0n) is 23.3. The Morgan fingerprint density at radius 1 is 0.650 bits per heavy atom. The molecule has 0 amide bonds. The molecule has 2 fully saturated rings. The molecule has 0 aliphatic heterocycles. The SMILES string of the molecule is O=C(OCC(OC(=O)c1ccc(C2CC[CH-]CC2)cc1)c1ccccc1)c1ccc(C2CC[CH-]CC2)cc1.[Rf].[Rf]. The Bertz CT molecular complexity index is 1180. The number of hydrogen-bond acceptors (Lipinski definition) is 4. The molecule has 202 valence electrons. The van der Waals surface area contributed by atoms with Gasteiger partial charge in [-0.3, -0.25) is 0 Å². The third kappa shape index (κ3) is 7.12. The number of rotatable bonds is 8. The minimum absolute atomic E-state index is 0. The Balaban J connectivity index is 0.00000220. The normalized spacial score (nSPS) is 16.6. The van der Waals surface area contributed by atoms with E-state index in [2.05, 4.69) is 12.8 Å². The molecule has 2 saturated carbocycles. The third-order valence-corrected chi connectivity index (χ3v) is 7.90. The van der Waals surface area contributed by atoms with Gasteiger partial charge in [0.15, 0.2) is 6.10 Å². The van der Waals surface area contributed by atoms with Crippen LogP contribution in [-0.4, -0.2) is 18.5 Å². The van der Waals surface area contributed by atoms with E-state index >= 15 is 0 Å². The molecule has 0 heterocycles.